The number of amides is 1. The molecule has 1 aromatic heterocycles. The summed E-state index contributed by atoms with van der Waals surface area (Å²) in [5, 5.41) is 3.41. The quantitative estimate of drug-likeness (QED) is 0.843. The standard InChI is InChI=1S/C17H18N2O4S/c1-22-16(21)11-6-8-12(9-7-11)23-10-15(20)19-17-18-13-4-2-3-5-14(13)24-17/h6-9H,2-5,10H2,1H3,(H,18,19,20). The van der Waals surface area contributed by atoms with Crippen LogP contribution >= 0.6 is 11.3 Å². The summed E-state index contributed by atoms with van der Waals surface area (Å²) < 4.78 is 10.0. The number of esters is 1. The van der Waals surface area contributed by atoms with Gasteiger partial charge in [0.25, 0.3) is 5.91 Å². The number of rotatable bonds is 5. The molecule has 7 heteroatoms. The molecule has 1 aliphatic carbocycles. The molecule has 0 atom stereocenters. The van der Waals surface area contributed by atoms with Gasteiger partial charge in [0, 0.05) is 4.88 Å². The molecule has 0 saturated heterocycles. The van der Waals surface area contributed by atoms with Crippen LogP contribution in [0.4, 0.5) is 5.13 Å². The Labute approximate surface area is 143 Å². The Balaban J connectivity index is 1.52. The predicted molar refractivity (Wildman–Crippen MR) is 90.7 cm³/mol. The fraction of sp³-hybridized carbons (Fsp3) is 0.353. The van der Waals surface area contributed by atoms with E-state index < -0.39 is 5.97 Å². The number of nitrogens with zero attached hydrogens (tertiary/aromatic N) is 1. The summed E-state index contributed by atoms with van der Waals surface area (Å²) in [6.07, 6.45) is 4.39. The van der Waals surface area contributed by atoms with Crippen LogP contribution < -0.4 is 10.1 Å². The van der Waals surface area contributed by atoms with E-state index in [-0.39, 0.29) is 12.5 Å². The van der Waals surface area contributed by atoms with Crippen LogP contribution in [-0.2, 0) is 22.4 Å². The highest BCUT2D eigenvalue weighted by atomic mass is 32.1. The average molecular weight is 346 g/mol. The van der Waals surface area contributed by atoms with E-state index in [2.05, 4.69) is 15.0 Å². The van der Waals surface area contributed by atoms with E-state index >= 15 is 0 Å². The fourth-order valence-electron chi connectivity index (χ4n) is 2.51. The van der Waals surface area contributed by atoms with Crippen molar-refractivity contribution in [3.05, 3.63) is 40.4 Å². The molecule has 126 valence electrons. The number of fused-ring (bicyclic) bond motifs is 1. The first kappa shape index (κ1) is 16.4. The van der Waals surface area contributed by atoms with Gasteiger partial charge in [-0.25, -0.2) is 9.78 Å². The number of hydrogen-bond donors (Lipinski definition) is 1. The van der Waals surface area contributed by atoms with Crippen molar-refractivity contribution in [2.45, 2.75) is 25.7 Å². The highest BCUT2D eigenvalue weighted by Crippen LogP contribution is 2.29. The summed E-state index contributed by atoms with van der Waals surface area (Å²) in [5.74, 6) is -0.151. The molecule has 6 nitrogen and oxygen atoms in total. The summed E-state index contributed by atoms with van der Waals surface area (Å²) in [6.45, 7) is -0.109. The van der Waals surface area contributed by atoms with E-state index in [1.165, 1.54) is 18.4 Å². The zero-order chi connectivity index (χ0) is 16.9. The van der Waals surface area contributed by atoms with E-state index in [9.17, 15) is 9.59 Å². The number of aromatic nitrogens is 1. The first-order chi connectivity index (χ1) is 11.7. The molecule has 0 unspecified atom stereocenters. The third-order valence-corrected chi connectivity index (χ3v) is 4.81. The minimum absolute atomic E-state index is 0.109. The Morgan fingerprint density at radius 1 is 1.21 bits per heavy atom. The summed E-state index contributed by atoms with van der Waals surface area (Å²) in [5.41, 5.74) is 1.54. The number of methoxy groups -OCH3 is 1. The Morgan fingerprint density at radius 3 is 2.67 bits per heavy atom. The lowest BCUT2D eigenvalue weighted by Gasteiger charge is -2.06. The topological polar surface area (TPSA) is 77.5 Å². The maximum Gasteiger partial charge on any atom is 0.337 e. The van der Waals surface area contributed by atoms with Gasteiger partial charge in [-0.05, 0) is 49.9 Å². The van der Waals surface area contributed by atoms with Crippen LogP contribution in [-0.4, -0.2) is 30.6 Å². The zero-order valence-corrected chi connectivity index (χ0v) is 14.1. The van der Waals surface area contributed by atoms with Crippen molar-refractivity contribution in [3.8, 4) is 5.75 Å². The molecule has 3 rings (SSSR count). The molecule has 1 aromatic carbocycles. The Morgan fingerprint density at radius 2 is 1.96 bits per heavy atom. The van der Waals surface area contributed by atoms with Crippen molar-refractivity contribution in [2.24, 2.45) is 0 Å². The second-order valence-corrected chi connectivity index (χ2v) is 6.53. The van der Waals surface area contributed by atoms with E-state index in [1.54, 1.807) is 35.6 Å². The first-order valence-corrected chi connectivity index (χ1v) is 8.57. The molecule has 0 fully saturated rings. The van der Waals surface area contributed by atoms with Gasteiger partial charge in [-0.1, -0.05) is 0 Å². The largest absolute Gasteiger partial charge is 0.484 e. The minimum atomic E-state index is -0.410. The average Bonchev–Trinajstić information content (AvgIpc) is 3.02. The number of carbonyl (C=O) groups excluding carboxylic acids is 2. The molecular formula is C17H18N2O4S. The van der Waals surface area contributed by atoms with Crippen molar-refractivity contribution in [1.82, 2.24) is 4.98 Å². The number of carbonyl (C=O) groups is 2. The van der Waals surface area contributed by atoms with Gasteiger partial charge in [-0.3, -0.25) is 10.1 Å². The van der Waals surface area contributed by atoms with Gasteiger partial charge in [0.15, 0.2) is 11.7 Å². The van der Waals surface area contributed by atoms with Gasteiger partial charge in [-0.2, -0.15) is 0 Å². The minimum Gasteiger partial charge on any atom is -0.484 e. The maximum absolute atomic E-state index is 12.0. The van der Waals surface area contributed by atoms with E-state index in [0.717, 1.165) is 25.0 Å². The molecule has 2 aromatic rings. The highest BCUT2D eigenvalue weighted by molar-refractivity contribution is 7.15. The number of ether oxygens (including phenoxy) is 2. The van der Waals surface area contributed by atoms with E-state index in [1.807, 2.05) is 0 Å². The summed E-state index contributed by atoms with van der Waals surface area (Å²) >= 11 is 1.54. The number of aryl methyl sites for hydroxylation is 2. The Bertz CT molecular complexity index is 716. The predicted octanol–water partition coefficient (Wildman–Crippen LogP) is 2.83. The van der Waals surface area contributed by atoms with Gasteiger partial charge < -0.3 is 9.47 Å². The van der Waals surface area contributed by atoms with Crippen LogP contribution in [0.25, 0.3) is 0 Å². The highest BCUT2D eigenvalue weighted by Gasteiger charge is 2.16. The maximum atomic E-state index is 12.0. The third-order valence-electron chi connectivity index (χ3n) is 3.74. The normalized spacial score (nSPS) is 13.0. The second kappa shape index (κ2) is 7.44. The summed E-state index contributed by atoms with van der Waals surface area (Å²) in [7, 11) is 1.33. The van der Waals surface area contributed by atoms with Crippen molar-refractivity contribution in [1.29, 1.82) is 0 Å². The van der Waals surface area contributed by atoms with Crippen LogP contribution in [0.5, 0.6) is 5.75 Å². The van der Waals surface area contributed by atoms with Gasteiger partial charge in [-0.15, -0.1) is 11.3 Å². The molecule has 1 heterocycles. The van der Waals surface area contributed by atoms with Crippen LogP contribution in [0.3, 0.4) is 0 Å². The first-order valence-electron chi connectivity index (χ1n) is 7.75. The van der Waals surface area contributed by atoms with Crippen molar-refractivity contribution in [2.75, 3.05) is 19.0 Å². The number of nitrogens with one attached hydrogen (secondary N) is 1. The monoisotopic (exact) mass is 346 g/mol. The molecule has 0 saturated carbocycles. The molecule has 1 amide bonds. The number of thiazole rings is 1. The Kier molecular flexibility index (Phi) is 5.10. The molecule has 0 spiro atoms. The van der Waals surface area contributed by atoms with Crippen LogP contribution in [0, 0.1) is 0 Å². The van der Waals surface area contributed by atoms with E-state index in [4.69, 9.17) is 4.74 Å². The molecule has 1 aliphatic rings. The van der Waals surface area contributed by atoms with Crippen molar-refractivity contribution in [3.63, 3.8) is 0 Å². The van der Waals surface area contributed by atoms with Crippen molar-refractivity contribution >= 4 is 28.3 Å². The lowest BCUT2D eigenvalue weighted by Crippen LogP contribution is -2.20. The molecule has 1 N–H and O–H groups in total. The smallest absolute Gasteiger partial charge is 0.337 e. The molecular weight excluding hydrogens is 328 g/mol. The van der Waals surface area contributed by atoms with Gasteiger partial charge in [0.05, 0.1) is 18.4 Å². The van der Waals surface area contributed by atoms with Crippen LogP contribution in [0.15, 0.2) is 24.3 Å². The van der Waals surface area contributed by atoms with Crippen molar-refractivity contribution < 1.29 is 19.1 Å². The van der Waals surface area contributed by atoms with Gasteiger partial charge >= 0.3 is 5.97 Å². The van der Waals surface area contributed by atoms with E-state index in [0.29, 0.717) is 16.4 Å². The molecule has 0 radical (unpaired) electrons. The Hall–Kier alpha value is -2.41. The number of hydrogen-bond acceptors (Lipinski definition) is 6. The van der Waals surface area contributed by atoms with Crippen LogP contribution in [0.2, 0.25) is 0 Å². The number of benzene rings is 1. The van der Waals surface area contributed by atoms with Gasteiger partial charge in [0.2, 0.25) is 0 Å². The fourth-order valence-corrected chi connectivity index (χ4v) is 3.58. The summed E-state index contributed by atoms with van der Waals surface area (Å²) in [6, 6.07) is 6.44. The molecule has 0 bridgehead atoms. The second-order valence-electron chi connectivity index (χ2n) is 5.45. The number of anilines is 1. The third kappa shape index (κ3) is 3.91. The molecule has 24 heavy (non-hydrogen) atoms. The van der Waals surface area contributed by atoms with Gasteiger partial charge in [0.1, 0.15) is 5.75 Å². The van der Waals surface area contributed by atoms with Crippen LogP contribution in [0.1, 0.15) is 33.8 Å². The lowest BCUT2D eigenvalue weighted by molar-refractivity contribution is -0.118. The molecule has 0 aliphatic heterocycles. The zero-order valence-electron chi connectivity index (χ0n) is 13.3. The lowest BCUT2D eigenvalue weighted by atomic mass is 10.0. The summed E-state index contributed by atoms with van der Waals surface area (Å²) in [4.78, 5) is 29.1. The SMILES string of the molecule is COC(=O)c1ccc(OCC(=O)Nc2nc3c(s2)CCCC3)cc1.